The summed E-state index contributed by atoms with van der Waals surface area (Å²) in [7, 11) is -0.872. The summed E-state index contributed by atoms with van der Waals surface area (Å²) in [6.45, 7) is 6.28. The number of hydrogen-bond donors (Lipinski definition) is 2. The quantitative estimate of drug-likeness (QED) is 0.337. The molecule has 0 fully saturated rings. The van der Waals surface area contributed by atoms with Crippen molar-refractivity contribution in [2.24, 2.45) is 4.99 Å². The molecule has 25 heavy (non-hydrogen) atoms. The van der Waals surface area contributed by atoms with E-state index in [-0.39, 0.29) is 24.0 Å². The molecule has 1 aromatic heterocycles. The monoisotopic (exact) mass is 491 g/mol. The van der Waals surface area contributed by atoms with E-state index in [1.807, 2.05) is 37.3 Å². The van der Waals surface area contributed by atoms with Gasteiger partial charge < -0.3 is 10.6 Å². The van der Waals surface area contributed by atoms with E-state index in [1.54, 1.807) is 11.3 Å². The zero-order valence-corrected chi connectivity index (χ0v) is 18.6. The van der Waals surface area contributed by atoms with E-state index in [2.05, 4.69) is 34.0 Å². The highest BCUT2D eigenvalue weighted by molar-refractivity contribution is 14.0. The van der Waals surface area contributed by atoms with Crippen molar-refractivity contribution in [2.45, 2.75) is 26.1 Å². The van der Waals surface area contributed by atoms with Crippen LogP contribution in [0.15, 0.2) is 46.8 Å². The number of thiophene rings is 1. The Hall–Kier alpha value is -0.930. The maximum Gasteiger partial charge on any atom is 0.191 e. The van der Waals surface area contributed by atoms with Crippen LogP contribution in [0.4, 0.5) is 0 Å². The maximum atomic E-state index is 12.2. The van der Waals surface area contributed by atoms with E-state index in [0.717, 1.165) is 18.1 Å². The van der Waals surface area contributed by atoms with Gasteiger partial charge in [-0.05, 0) is 36.4 Å². The third kappa shape index (κ3) is 8.33. The van der Waals surface area contributed by atoms with Gasteiger partial charge in [0.25, 0.3) is 0 Å². The van der Waals surface area contributed by atoms with Crippen LogP contribution in [0.2, 0.25) is 0 Å². The second kappa shape index (κ2) is 12.4. The maximum absolute atomic E-state index is 12.2. The van der Waals surface area contributed by atoms with Gasteiger partial charge in [0.05, 0.1) is 6.54 Å². The lowest BCUT2D eigenvalue weighted by Gasteiger charge is -2.11. The van der Waals surface area contributed by atoms with Crippen molar-refractivity contribution < 1.29 is 4.21 Å². The fourth-order valence-electron chi connectivity index (χ4n) is 2.17. The summed E-state index contributed by atoms with van der Waals surface area (Å²) in [4.78, 5) is 5.88. The Labute approximate surface area is 174 Å². The van der Waals surface area contributed by atoms with Gasteiger partial charge in [0.15, 0.2) is 5.96 Å². The third-order valence-corrected chi connectivity index (χ3v) is 5.81. The van der Waals surface area contributed by atoms with Crippen LogP contribution >= 0.6 is 35.3 Å². The smallest absolute Gasteiger partial charge is 0.191 e. The fraction of sp³-hybridized carbons (Fsp3) is 0.389. The first-order valence-electron chi connectivity index (χ1n) is 8.13. The van der Waals surface area contributed by atoms with Crippen LogP contribution in [0.5, 0.6) is 0 Å². The molecule has 1 atom stereocenters. The van der Waals surface area contributed by atoms with Crippen molar-refractivity contribution in [1.82, 2.24) is 10.6 Å². The minimum atomic E-state index is -0.872. The number of nitrogens with zero attached hydrogens (tertiary/aromatic N) is 1. The summed E-state index contributed by atoms with van der Waals surface area (Å²) < 4.78 is 12.2. The first-order valence-corrected chi connectivity index (χ1v) is 10.5. The van der Waals surface area contributed by atoms with Gasteiger partial charge in [-0.25, -0.2) is 4.99 Å². The number of nitrogens with one attached hydrogen (secondary N) is 2. The zero-order chi connectivity index (χ0) is 17.2. The van der Waals surface area contributed by atoms with Crippen LogP contribution in [-0.2, 0) is 23.1 Å². The molecule has 2 aromatic rings. The van der Waals surface area contributed by atoms with Crippen LogP contribution in [0.3, 0.4) is 0 Å². The van der Waals surface area contributed by atoms with Gasteiger partial charge in [0.1, 0.15) is 0 Å². The van der Waals surface area contributed by atoms with Gasteiger partial charge in [-0.1, -0.05) is 30.3 Å². The molecule has 1 aromatic carbocycles. The van der Waals surface area contributed by atoms with E-state index >= 15 is 0 Å². The highest BCUT2D eigenvalue weighted by Gasteiger charge is 2.04. The normalized spacial score (nSPS) is 12.3. The summed E-state index contributed by atoms with van der Waals surface area (Å²) in [6.07, 6.45) is 0. The summed E-state index contributed by atoms with van der Waals surface area (Å²) in [5.74, 6) is 1.99. The number of rotatable bonds is 8. The van der Waals surface area contributed by atoms with E-state index in [4.69, 9.17) is 0 Å². The SMILES string of the molecule is CCNC(=NCc1sccc1C)NCCS(=O)Cc1ccccc1.I. The second-order valence-corrected chi connectivity index (χ2v) is 8.00. The van der Waals surface area contributed by atoms with Crippen molar-refractivity contribution in [3.05, 3.63) is 57.8 Å². The summed E-state index contributed by atoms with van der Waals surface area (Å²) in [5, 5.41) is 8.59. The Bertz CT molecular complexity index is 674. The van der Waals surface area contributed by atoms with Crippen LogP contribution in [0, 0.1) is 6.92 Å². The summed E-state index contributed by atoms with van der Waals surface area (Å²) >= 11 is 1.73. The average molecular weight is 491 g/mol. The first kappa shape index (κ1) is 22.1. The van der Waals surface area contributed by atoms with Crippen molar-refractivity contribution in [3.8, 4) is 0 Å². The van der Waals surface area contributed by atoms with Crippen LogP contribution in [0.25, 0.3) is 0 Å². The average Bonchev–Trinajstić information content (AvgIpc) is 2.98. The molecule has 0 saturated carbocycles. The van der Waals surface area contributed by atoms with E-state index in [9.17, 15) is 4.21 Å². The minimum Gasteiger partial charge on any atom is -0.357 e. The molecule has 0 aliphatic rings. The molecule has 0 aliphatic carbocycles. The lowest BCUT2D eigenvalue weighted by Crippen LogP contribution is -2.39. The Kier molecular flexibility index (Phi) is 11.0. The van der Waals surface area contributed by atoms with Gasteiger partial charge >= 0.3 is 0 Å². The largest absolute Gasteiger partial charge is 0.357 e. The Morgan fingerprint density at radius 1 is 1.20 bits per heavy atom. The number of guanidine groups is 1. The first-order chi connectivity index (χ1) is 11.7. The van der Waals surface area contributed by atoms with Crippen molar-refractivity contribution >= 4 is 52.1 Å². The van der Waals surface area contributed by atoms with Gasteiger partial charge in [-0.15, -0.1) is 35.3 Å². The topological polar surface area (TPSA) is 53.5 Å². The molecule has 2 rings (SSSR count). The Balaban J connectivity index is 0.00000312. The van der Waals surface area contributed by atoms with Gasteiger partial charge in [0, 0.05) is 40.3 Å². The van der Waals surface area contributed by atoms with Crippen LogP contribution < -0.4 is 10.6 Å². The molecule has 0 aliphatic heterocycles. The number of halogens is 1. The Morgan fingerprint density at radius 2 is 1.96 bits per heavy atom. The van der Waals surface area contributed by atoms with E-state index in [0.29, 0.717) is 24.6 Å². The van der Waals surface area contributed by atoms with Crippen molar-refractivity contribution in [2.75, 3.05) is 18.8 Å². The molecule has 1 heterocycles. The Morgan fingerprint density at radius 3 is 2.60 bits per heavy atom. The third-order valence-electron chi connectivity index (χ3n) is 3.49. The van der Waals surface area contributed by atoms with Gasteiger partial charge in [0.2, 0.25) is 0 Å². The van der Waals surface area contributed by atoms with Gasteiger partial charge in [-0.3, -0.25) is 4.21 Å². The molecule has 0 spiro atoms. The number of aryl methyl sites for hydroxylation is 1. The lowest BCUT2D eigenvalue weighted by atomic mass is 10.2. The molecule has 138 valence electrons. The summed E-state index contributed by atoms with van der Waals surface area (Å²) in [5.41, 5.74) is 2.40. The fourth-order valence-corrected chi connectivity index (χ4v) is 4.04. The van der Waals surface area contributed by atoms with Crippen LogP contribution in [-0.4, -0.2) is 29.0 Å². The molecule has 2 N–H and O–H groups in total. The molecular weight excluding hydrogens is 465 g/mol. The van der Waals surface area contributed by atoms with Crippen molar-refractivity contribution in [1.29, 1.82) is 0 Å². The predicted octanol–water partition coefficient (Wildman–Crippen LogP) is 3.68. The molecule has 0 saturated heterocycles. The van der Waals surface area contributed by atoms with E-state index in [1.165, 1.54) is 10.4 Å². The minimum absolute atomic E-state index is 0. The molecule has 0 bridgehead atoms. The molecule has 7 heteroatoms. The van der Waals surface area contributed by atoms with Crippen LogP contribution in [0.1, 0.15) is 22.9 Å². The molecule has 0 radical (unpaired) electrons. The molecule has 1 unspecified atom stereocenters. The van der Waals surface area contributed by atoms with Crippen molar-refractivity contribution in [3.63, 3.8) is 0 Å². The number of aliphatic imine (C=N–C) groups is 1. The highest BCUT2D eigenvalue weighted by atomic mass is 127. The number of hydrogen-bond acceptors (Lipinski definition) is 3. The molecule has 4 nitrogen and oxygen atoms in total. The van der Waals surface area contributed by atoms with Gasteiger partial charge in [-0.2, -0.15) is 0 Å². The highest BCUT2D eigenvalue weighted by Crippen LogP contribution is 2.16. The standard InChI is InChI=1S/C18H25N3OS2.HI/c1-3-19-18(21-13-17-15(2)9-11-23-17)20-10-12-24(22)14-16-7-5-4-6-8-16;/h4-9,11H,3,10,12-14H2,1-2H3,(H2,19,20,21);1H. The number of benzene rings is 1. The molecular formula is C18H26IN3OS2. The predicted molar refractivity (Wildman–Crippen MR) is 120 cm³/mol. The van der Waals surface area contributed by atoms with E-state index < -0.39 is 10.8 Å². The molecule has 0 amide bonds. The summed E-state index contributed by atoms with van der Waals surface area (Å²) in [6, 6.07) is 12.1. The lowest BCUT2D eigenvalue weighted by molar-refractivity contribution is 0.680. The zero-order valence-electron chi connectivity index (χ0n) is 14.7. The second-order valence-electron chi connectivity index (χ2n) is 5.42.